The van der Waals surface area contributed by atoms with Gasteiger partial charge in [0.25, 0.3) is 0 Å². The minimum absolute atomic E-state index is 0.118. The first-order valence-electron chi connectivity index (χ1n) is 8.66. The maximum atomic E-state index is 12.1. The molecule has 1 rings (SSSR count). The van der Waals surface area contributed by atoms with Crippen molar-refractivity contribution in [1.82, 2.24) is 20.3 Å². The Balaban J connectivity index is 2.21. The van der Waals surface area contributed by atoms with E-state index in [1.165, 1.54) is 0 Å². The molecule has 10 heteroatoms. The summed E-state index contributed by atoms with van der Waals surface area (Å²) in [5, 5.41) is 5.39. The molecule has 1 fully saturated rings. The zero-order chi connectivity index (χ0) is 18.7. The molecule has 1 heterocycles. The maximum Gasteiger partial charge on any atom is 0.317 e. The Hall–Kier alpha value is -1.39. The fraction of sp³-hybridized carbons (Fsp3) is 0.867. The third-order valence-electron chi connectivity index (χ3n) is 3.86. The first kappa shape index (κ1) is 21.7. The van der Waals surface area contributed by atoms with Crippen LogP contribution in [0.25, 0.3) is 0 Å². The van der Waals surface area contributed by atoms with Crippen LogP contribution < -0.4 is 15.4 Å². The van der Waals surface area contributed by atoms with Crippen LogP contribution in [0.1, 0.15) is 32.6 Å². The van der Waals surface area contributed by atoms with Crippen LogP contribution in [0, 0.1) is 0 Å². The Kier molecular flexibility index (Phi) is 9.76. The molecule has 25 heavy (non-hydrogen) atoms. The summed E-state index contributed by atoms with van der Waals surface area (Å²) in [5.74, 6) is -0.0125. The Morgan fingerprint density at radius 3 is 2.44 bits per heavy atom. The summed E-state index contributed by atoms with van der Waals surface area (Å²) in [6, 6.07) is -0.341. The number of urea groups is 1. The first-order chi connectivity index (χ1) is 11.9. The van der Waals surface area contributed by atoms with E-state index in [0.717, 1.165) is 0 Å². The quantitative estimate of drug-likeness (QED) is 0.449. The van der Waals surface area contributed by atoms with Crippen LogP contribution >= 0.6 is 0 Å². The number of rotatable bonds is 10. The minimum Gasteiger partial charge on any atom is -0.383 e. The largest absolute Gasteiger partial charge is 0.383 e. The van der Waals surface area contributed by atoms with Crippen LogP contribution in [0.5, 0.6) is 0 Å². The third-order valence-corrected chi connectivity index (χ3v) is 5.50. The Labute approximate surface area is 149 Å². The standard InChI is InChI=1S/C15H30N4O5S/c1-3-12-25(22,23)18-13-5-9-19(10-6-13)15(21)17-7-4-14(20)16-8-11-24-2/h13,18H,3-12H2,1-2H3,(H,16,20)(H,17,21). The fourth-order valence-corrected chi connectivity index (χ4v) is 3.96. The number of hydrogen-bond acceptors (Lipinski definition) is 5. The van der Waals surface area contributed by atoms with E-state index < -0.39 is 10.0 Å². The molecule has 0 unspecified atom stereocenters. The van der Waals surface area contributed by atoms with E-state index in [1.807, 2.05) is 6.92 Å². The van der Waals surface area contributed by atoms with Gasteiger partial charge in [-0.05, 0) is 19.3 Å². The molecular formula is C15H30N4O5S. The molecule has 9 nitrogen and oxygen atoms in total. The van der Waals surface area contributed by atoms with Crippen LogP contribution in [0.4, 0.5) is 4.79 Å². The average Bonchev–Trinajstić information content (AvgIpc) is 2.55. The van der Waals surface area contributed by atoms with Crippen LogP contribution in [0.15, 0.2) is 0 Å². The van der Waals surface area contributed by atoms with Crippen molar-refractivity contribution in [1.29, 1.82) is 0 Å². The topological polar surface area (TPSA) is 117 Å². The second kappa shape index (κ2) is 11.3. The lowest BCUT2D eigenvalue weighted by atomic mass is 10.1. The molecule has 0 bridgehead atoms. The average molecular weight is 378 g/mol. The predicted octanol–water partition coefficient (Wildman–Crippen LogP) is -0.357. The SMILES string of the molecule is CCCS(=O)(=O)NC1CCN(C(=O)NCCC(=O)NCCOC)CC1. The van der Waals surface area contributed by atoms with E-state index in [0.29, 0.717) is 45.5 Å². The van der Waals surface area contributed by atoms with E-state index in [-0.39, 0.29) is 36.7 Å². The van der Waals surface area contributed by atoms with Crippen molar-refractivity contribution in [3.63, 3.8) is 0 Å². The molecule has 0 spiro atoms. The highest BCUT2D eigenvalue weighted by molar-refractivity contribution is 7.89. The summed E-state index contributed by atoms with van der Waals surface area (Å²) in [5.41, 5.74) is 0. The van der Waals surface area contributed by atoms with Crippen molar-refractivity contribution < 1.29 is 22.7 Å². The Morgan fingerprint density at radius 1 is 1.16 bits per heavy atom. The van der Waals surface area contributed by atoms with E-state index in [2.05, 4.69) is 15.4 Å². The summed E-state index contributed by atoms with van der Waals surface area (Å²) < 4.78 is 31.0. The van der Waals surface area contributed by atoms with Gasteiger partial charge in [-0.15, -0.1) is 0 Å². The molecule has 0 radical (unpaired) electrons. The lowest BCUT2D eigenvalue weighted by Gasteiger charge is -2.32. The zero-order valence-corrected chi connectivity index (χ0v) is 15.9. The van der Waals surface area contributed by atoms with Gasteiger partial charge < -0.3 is 20.3 Å². The van der Waals surface area contributed by atoms with Crippen molar-refractivity contribution in [2.24, 2.45) is 0 Å². The van der Waals surface area contributed by atoms with Crippen molar-refractivity contribution in [3.8, 4) is 0 Å². The van der Waals surface area contributed by atoms with Crippen molar-refractivity contribution in [2.75, 3.05) is 45.6 Å². The molecule has 1 aliphatic rings. The van der Waals surface area contributed by atoms with Gasteiger partial charge in [-0.1, -0.05) is 6.92 Å². The predicted molar refractivity (Wildman–Crippen MR) is 94.7 cm³/mol. The monoisotopic (exact) mass is 378 g/mol. The highest BCUT2D eigenvalue weighted by atomic mass is 32.2. The van der Waals surface area contributed by atoms with E-state index >= 15 is 0 Å². The van der Waals surface area contributed by atoms with Gasteiger partial charge in [0, 0.05) is 45.8 Å². The van der Waals surface area contributed by atoms with Gasteiger partial charge in [0.1, 0.15) is 0 Å². The van der Waals surface area contributed by atoms with Crippen LogP contribution in [-0.2, 0) is 19.6 Å². The number of piperidine rings is 1. The molecule has 3 N–H and O–H groups in total. The summed E-state index contributed by atoms with van der Waals surface area (Å²) in [6.07, 6.45) is 1.97. The van der Waals surface area contributed by atoms with Crippen molar-refractivity contribution >= 4 is 22.0 Å². The molecule has 0 aliphatic carbocycles. The van der Waals surface area contributed by atoms with Crippen molar-refractivity contribution in [3.05, 3.63) is 0 Å². The lowest BCUT2D eigenvalue weighted by Crippen LogP contribution is -2.50. The molecule has 1 saturated heterocycles. The minimum atomic E-state index is -3.22. The zero-order valence-electron chi connectivity index (χ0n) is 15.0. The Morgan fingerprint density at radius 2 is 1.84 bits per heavy atom. The van der Waals surface area contributed by atoms with Gasteiger partial charge in [0.05, 0.1) is 12.4 Å². The third kappa shape index (κ3) is 9.03. The van der Waals surface area contributed by atoms with Gasteiger partial charge >= 0.3 is 6.03 Å². The number of likely N-dealkylation sites (tertiary alicyclic amines) is 1. The van der Waals surface area contributed by atoms with E-state index in [1.54, 1.807) is 12.0 Å². The fourth-order valence-electron chi connectivity index (χ4n) is 2.56. The summed E-state index contributed by atoms with van der Waals surface area (Å²) in [7, 11) is -1.67. The molecule has 3 amide bonds. The number of methoxy groups -OCH3 is 1. The molecule has 0 saturated carbocycles. The number of carbonyl (C=O) groups excluding carboxylic acids is 2. The Bertz CT molecular complexity index is 518. The van der Waals surface area contributed by atoms with E-state index in [9.17, 15) is 18.0 Å². The first-order valence-corrected chi connectivity index (χ1v) is 10.3. The lowest BCUT2D eigenvalue weighted by molar-refractivity contribution is -0.121. The molecular weight excluding hydrogens is 348 g/mol. The number of nitrogens with one attached hydrogen (secondary N) is 3. The second-order valence-corrected chi connectivity index (χ2v) is 7.90. The summed E-state index contributed by atoms with van der Waals surface area (Å²) >= 11 is 0. The van der Waals surface area contributed by atoms with E-state index in [4.69, 9.17) is 4.74 Å². The molecule has 0 atom stereocenters. The highest BCUT2D eigenvalue weighted by Gasteiger charge is 2.25. The van der Waals surface area contributed by atoms with Crippen LogP contribution in [-0.4, -0.2) is 76.9 Å². The van der Waals surface area contributed by atoms with Crippen LogP contribution in [0.2, 0.25) is 0 Å². The smallest absolute Gasteiger partial charge is 0.317 e. The molecule has 0 aromatic rings. The van der Waals surface area contributed by atoms with Gasteiger partial charge in [-0.3, -0.25) is 4.79 Å². The van der Waals surface area contributed by atoms with Crippen LogP contribution in [0.3, 0.4) is 0 Å². The molecule has 1 aliphatic heterocycles. The summed E-state index contributed by atoms with van der Waals surface area (Å²) in [6.45, 7) is 3.97. The second-order valence-electron chi connectivity index (χ2n) is 6.02. The normalized spacial score (nSPS) is 15.8. The highest BCUT2D eigenvalue weighted by Crippen LogP contribution is 2.11. The number of sulfonamides is 1. The summed E-state index contributed by atoms with van der Waals surface area (Å²) in [4.78, 5) is 25.2. The van der Waals surface area contributed by atoms with Gasteiger partial charge in [0.15, 0.2) is 0 Å². The molecule has 0 aromatic heterocycles. The van der Waals surface area contributed by atoms with Crippen molar-refractivity contribution in [2.45, 2.75) is 38.6 Å². The number of hydrogen-bond donors (Lipinski definition) is 3. The number of amides is 3. The number of ether oxygens (including phenoxy) is 1. The van der Waals surface area contributed by atoms with Gasteiger partial charge in [-0.2, -0.15) is 0 Å². The van der Waals surface area contributed by atoms with Gasteiger partial charge in [-0.25, -0.2) is 17.9 Å². The maximum absolute atomic E-state index is 12.1. The van der Waals surface area contributed by atoms with Gasteiger partial charge in [0.2, 0.25) is 15.9 Å². The molecule has 146 valence electrons. The number of nitrogens with zero attached hydrogens (tertiary/aromatic N) is 1. The molecule has 0 aromatic carbocycles. The number of carbonyl (C=O) groups is 2.